The Bertz CT molecular complexity index is 1740. The van der Waals surface area contributed by atoms with Crippen LogP contribution in [0.2, 0.25) is 0 Å². The number of carbonyl (C=O) groups is 2. The van der Waals surface area contributed by atoms with Crippen molar-refractivity contribution in [3.63, 3.8) is 0 Å². The zero-order valence-electron chi connectivity index (χ0n) is 24.7. The van der Waals surface area contributed by atoms with Crippen molar-refractivity contribution in [3.05, 3.63) is 103 Å². The first kappa shape index (κ1) is 28.2. The van der Waals surface area contributed by atoms with Crippen LogP contribution >= 0.6 is 0 Å². The number of alkyl carbamates (subject to hydrolysis) is 1. The Hall–Kier alpha value is -4.91. The Morgan fingerprint density at radius 3 is 2.37 bits per heavy atom. The van der Waals surface area contributed by atoms with Crippen LogP contribution < -0.4 is 5.32 Å². The van der Waals surface area contributed by atoms with Crippen LogP contribution in [0, 0.1) is 5.92 Å². The van der Waals surface area contributed by atoms with Gasteiger partial charge in [-0.05, 0) is 57.9 Å². The molecule has 5 aromatic rings. The van der Waals surface area contributed by atoms with Gasteiger partial charge < -0.3 is 19.9 Å². The fraction of sp³-hybridized carbons (Fsp3) is 0.250. The van der Waals surface area contributed by atoms with Crippen molar-refractivity contribution in [3.8, 4) is 33.5 Å². The molecule has 1 fully saturated rings. The average Bonchev–Trinajstić information content (AvgIpc) is 3.73. The lowest BCUT2D eigenvalue weighted by Crippen LogP contribution is -2.51. The van der Waals surface area contributed by atoms with E-state index in [1.807, 2.05) is 31.0 Å². The molecular formula is C36H36N4O3. The standard InChI is InChI=1S/C36H36N4O3/c1-23(2)33(39-36(42)43-3)35(41)40-20-8-13-32(40)34-37-22-31(38-34)28-18-19-30-27(21-28)11-7-12-29(30)26-16-14-25(15-17-26)24-9-5-4-6-10-24/h4-7,9-12,14-19,21-23,32-33H,8,13,20H2,1-3H3,(H,37,38)(H,39,42)/t32-,33-/m0/s1. The number of carbonyl (C=O) groups excluding carboxylic acids is 2. The molecule has 218 valence electrons. The second kappa shape index (κ2) is 12.1. The largest absolute Gasteiger partial charge is 0.453 e. The molecule has 0 bridgehead atoms. The molecule has 4 aromatic carbocycles. The first-order valence-corrected chi connectivity index (χ1v) is 14.8. The maximum atomic E-state index is 13.5. The van der Waals surface area contributed by atoms with Crippen molar-refractivity contribution in [1.82, 2.24) is 20.2 Å². The van der Waals surface area contributed by atoms with Crippen LogP contribution in [0.1, 0.15) is 38.6 Å². The van der Waals surface area contributed by atoms with E-state index in [1.54, 1.807) is 0 Å². The van der Waals surface area contributed by atoms with E-state index in [0.29, 0.717) is 6.54 Å². The number of likely N-dealkylation sites (tertiary alicyclic amines) is 1. The predicted molar refractivity (Wildman–Crippen MR) is 170 cm³/mol. The third-order valence-corrected chi connectivity index (χ3v) is 8.33. The highest BCUT2D eigenvalue weighted by atomic mass is 16.5. The number of rotatable bonds is 7. The van der Waals surface area contributed by atoms with Gasteiger partial charge in [-0.25, -0.2) is 9.78 Å². The highest BCUT2D eigenvalue weighted by Crippen LogP contribution is 2.35. The number of H-pyrrole nitrogens is 1. The minimum Gasteiger partial charge on any atom is -0.453 e. The van der Waals surface area contributed by atoms with E-state index in [-0.39, 0.29) is 17.9 Å². The number of nitrogens with one attached hydrogen (secondary N) is 2. The highest BCUT2D eigenvalue weighted by Gasteiger charge is 2.37. The van der Waals surface area contributed by atoms with Gasteiger partial charge in [-0.2, -0.15) is 0 Å². The summed E-state index contributed by atoms with van der Waals surface area (Å²) in [5, 5.41) is 5.03. The minimum absolute atomic E-state index is 0.0794. The molecule has 0 aliphatic carbocycles. The van der Waals surface area contributed by atoms with Crippen LogP contribution in [0.25, 0.3) is 44.3 Å². The highest BCUT2D eigenvalue weighted by molar-refractivity contribution is 5.98. The number of aromatic nitrogens is 2. The van der Waals surface area contributed by atoms with Crippen LogP contribution in [0.5, 0.6) is 0 Å². The second-order valence-corrected chi connectivity index (χ2v) is 11.4. The van der Waals surface area contributed by atoms with Crippen molar-refractivity contribution in [1.29, 1.82) is 0 Å². The minimum atomic E-state index is -0.660. The van der Waals surface area contributed by atoms with Gasteiger partial charge in [0, 0.05) is 12.1 Å². The molecule has 0 unspecified atom stereocenters. The molecule has 6 rings (SSSR count). The zero-order chi connectivity index (χ0) is 29.9. The van der Waals surface area contributed by atoms with Crippen molar-refractivity contribution in [2.24, 2.45) is 5.92 Å². The number of ether oxygens (including phenoxy) is 1. The molecule has 43 heavy (non-hydrogen) atoms. The van der Waals surface area contributed by atoms with Crippen molar-refractivity contribution in [2.75, 3.05) is 13.7 Å². The molecule has 2 heterocycles. The molecule has 1 saturated heterocycles. The summed E-state index contributed by atoms with van der Waals surface area (Å²) >= 11 is 0. The third-order valence-electron chi connectivity index (χ3n) is 8.33. The number of hydrogen-bond donors (Lipinski definition) is 2. The third kappa shape index (κ3) is 5.75. The van der Waals surface area contributed by atoms with E-state index in [4.69, 9.17) is 9.72 Å². The van der Waals surface area contributed by atoms with E-state index < -0.39 is 12.1 Å². The molecule has 7 nitrogen and oxygen atoms in total. The molecular weight excluding hydrogens is 536 g/mol. The summed E-state index contributed by atoms with van der Waals surface area (Å²) in [6, 6.07) is 31.2. The van der Waals surface area contributed by atoms with E-state index in [1.165, 1.54) is 34.7 Å². The Labute approximate surface area is 251 Å². The van der Waals surface area contributed by atoms with Gasteiger partial charge in [-0.15, -0.1) is 0 Å². The summed E-state index contributed by atoms with van der Waals surface area (Å²) in [5.41, 5.74) is 6.71. The lowest BCUT2D eigenvalue weighted by molar-refractivity contribution is -0.135. The smallest absolute Gasteiger partial charge is 0.407 e. The lowest BCUT2D eigenvalue weighted by atomic mass is 9.95. The number of fused-ring (bicyclic) bond motifs is 1. The van der Waals surface area contributed by atoms with Gasteiger partial charge in [0.15, 0.2) is 0 Å². The van der Waals surface area contributed by atoms with Gasteiger partial charge in [-0.1, -0.05) is 98.8 Å². The summed E-state index contributed by atoms with van der Waals surface area (Å²) in [5.74, 6) is 0.564. The zero-order valence-corrected chi connectivity index (χ0v) is 24.7. The van der Waals surface area contributed by atoms with Gasteiger partial charge in [0.25, 0.3) is 0 Å². The number of methoxy groups -OCH3 is 1. The first-order chi connectivity index (χ1) is 20.9. The fourth-order valence-electron chi connectivity index (χ4n) is 6.02. The molecule has 2 N–H and O–H groups in total. The molecule has 2 amide bonds. The Morgan fingerprint density at radius 1 is 0.907 bits per heavy atom. The average molecular weight is 573 g/mol. The Kier molecular flexibility index (Phi) is 7.97. The molecule has 1 aliphatic heterocycles. The lowest BCUT2D eigenvalue weighted by Gasteiger charge is -2.30. The molecule has 0 radical (unpaired) electrons. The number of nitrogens with zero attached hydrogens (tertiary/aromatic N) is 2. The maximum absolute atomic E-state index is 13.5. The number of amides is 2. The van der Waals surface area contributed by atoms with Gasteiger partial charge in [0.2, 0.25) is 5.91 Å². The number of aromatic amines is 1. The van der Waals surface area contributed by atoms with Crippen LogP contribution in [-0.2, 0) is 9.53 Å². The van der Waals surface area contributed by atoms with Crippen molar-refractivity contribution < 1.29 is 14.3 Å². The van der Waals surface area contributed by atoms with E-state index in [2.05, 4.69) is 95.2 Å². The van der Waals surface area contributed by atoms with Crippen LogP contribution in [0.3, 0.4) is 0 Å². The second-order valence-electron chi connectivity index (χ2n) is 11.4. The van der Waals surface area contributed by atoms with Crippen molar-refractivity contribution in [2.45, 2.75) is 38.8 Å². The summed E-state index contributed by atoms with van der Waals surface area (Å²) in [6.45, 7) is 4.45. The number of benzene rings is 4. The topological polar surface area (TPSA) is 87.3 Å². The first-order valence-electron chi connectivity index (χ1n) is 14.8. The number of hydrogen-bond acceptors (Lipinski definition) is 4. The molecule has 2 atom stereocenters. The number of imidazole rings is 1. The normalized spacial score (nSPS) is 15.5. The van der Waals surface area contributed by atoms with Crippen LogP contribution in [0.15, 0.2) is 97.2 Å². The molecule has 0 spiro atoms. The monoisotopic (exact) mass is 572 g/mol. The van der Waals surface area contributed by atoms with Gasteiger partial charge in [-0.3, -0.25) is 4.79 Å². The molecule has 7 heteroatoms. The van der Waals surface area contributed by atoms with Crippen LogP contribution in [0.4, 0.5) is 4.79 Å². The van der Waals surface area contributed by atoms with Gasteiger partial charge in [0.05, 0.1) is 25.0 Å². The summed E-state index contributed by atoms with van der Waals surface area (Å²) in [4.78, 5) is 35.4. The predicted octanol–water partition coefficient (Wildman–Crippen LogP) is 7.61. The van der Waals surface area contributed by atoms with Gasteiger partial charge in [0.1, 0.15) is 11.9 Å². The summed E-state index contributed by atoms with van der Waals surface area (Å²) in [7, 11) is 1.30. The van der Waals surface area contributed by atoms with E-state index in [9.17, 15) is 9.59 Å². The molecule has 0 saturated carbocycles. The van der Waals surface area contributed by atoms with E-state index >= 15 is 0 Å². The van der Waals surface area contributed by atoms with Gasteiger partial charge >= 0.3 is 6.09 Å². The van der Waals surface area contributed by atoms with Crippen LogP contribution in [-0.4, -0.2) is 46.6 Å². The Morgan fingerprint density at radius 2 is 1.63 bits per heavy atom. The van der Waals surface area contributed by atoms with Crippen molar-refractivity contribution >= 4 is 22.8 Å². The summed E-state index contributed by atoms with van der Waals surface area (Å²) < 4.78 is 4.75. The quantitative estimate of drug-likeness (QED) is 0.210. The maximum Gasteiger partial charge on any atom is 0.407 e. The Balaban J connectivity index is 1.24. The SMILES string of the molecule is COC(=O)N[C@H](C(=O)N1CCC[C@H]1c1ncc(-c2ccc3c(-c4ccc(-c5ccccc5)cc4)cccc3c2)[nH]1)C(C)C. The summed E-state index contributed by atoms with van der Waals surface area (Å²) in [6.07, 6.45) is 2.93. The van der Waals surface area contributed by atoms with E-state index in [0.717, 1.165) is 35.3 Å². The molecule has 1 aromatic heterocycles. The fourth-order valence-corrected chi connectivity index (χ4v) is 6.02. The molecule has 1 aliphatic rings.